The van der Waals surface area contributed by atoms with Crippen LogP contribution in [0.25, 0.3) is 6.08 Å². The molecule has 0 atom stereocenters. The standard InChI is InChI=1S/C24H19ClN2O4/c1-31-24(30)17-11-13-18(14-12-17)26-23(29)21(15-16-7-3-2-4-8-16)27-22(28)19-9-5-6-10-20(19)25/h2-15H,1H3,(H,26,29)(H,27,28)/b21-15-. The predicted octanol–water partition coefficient (Wildman–Crippen LogP) is 4.54. The summed E-state index contributed by atoms with van der Waals surface area (Å²) in [6.07, 6.45) is 1.56. The lowest BCUT2D eigenvalue weighted by Gasteiger charge is -2.12. The van der Waals surface area contributed by atoms with Gasteiger partial charge in [-0.25, -0.2) is 4.79 Å². The Hall–Kier alpha value is -3.90. The zero-order valence-corrected chi connectivity index (χ0v) is 17.3. The first kappa shape index (κ1) is 21.8. The minimum atomic E-state index is -0.532. The second-order valence-electron chi connectivity index (χ2n) is 6.43. The molecule has 3 aromatic rings. The molecule has 0 aliphatic rings. The highest BCUT2D eigenvalue weighted by Crippen LogP contribution is 2.17. The quantitative estimate of drug-likeness (QED) is 0.440. The highest BCUT2D eigenvalue weighted by Gasteiger charge is 2.17. The van der Waals surface area contributed by atoms with Crippen LogP contribution in [0.5, 0.6) is 0 Å². The summed E-state index contributed by atoms with van der Waals surface area (Å²) in [6, 6.07) is 21.9. The molecule has 0 spiro atoms. The molecule has 0 saturated carbocycles. The topological polar surface area (TPSA) is 84.5 Å². The Balaban J connectivity index is 1.85. The van der Waals surface area contributed by atoms with Gasteiger partial charge in [0.15, 0.2) is 0 Å². The Kier molecular flexibility index (Phi) is 7.19. The first-order valence-corrected chi connectivity index (χ1v) is 9.68. The number of hydrogen-bond donors (Lipinski definition) is 2. The van der Waals surface area contributed by atoms with Crippen LogP contribution in [0, 0.1) is 0 Å². The predicted molar refractivity (Wildman–Crippen MR) is 120 cm³/mol. The number of nitrogens with one attached hydrogen (secondary N) is 2. The van der Waals surface area contributed by atoms with E-state index < -0.39 is 17.8 Å². The van der Waals surface area contributed by atoms with E-state index in [1.165, 1.54) is 19.2 Å². The fraction of sp³-hybridized carbons (Fsp3) is 0.0417. The van der Waals surface area contributed by atoms with E-state index in [0.29, 0.717) is 11.3 Å². The minimum absolute atomic E-state index is 0.0353. The van der Waals surface area contributed by atoms with Gasteiger partial charge in [0.25, 0.3) is 11.8 Å². The lowest BCUT2D eigenvalue weighted by Crippen LogP contribution is -2.31. The number of rotatable bonds is 6. The van der Waals surface area contributed by atoms with E-state index in [4.69, 9.17) is 11.6 Å². The second kappa shape index (κ2) is 10.2. The number of esters is 1. The van der Waals surface area contributed by atoms with Gasteiger partial charge < -0.3 is 15.4 Å². The summed E-state index contributed by atoms with van der Waals surface area (Å²) >= 11 is 6.11. The molecule has 0 unspecified atom stereocenters. The molecule has 0 saturated heterocycles. The van der Waals surface area contributed by atoms with E-state index in [1.807, 2.05) is 18.2 Å². The van der Waals surface area contributed by atoms with Gasteiger partial charge in [0.05, 0.1) is 23.3 Å². The van der Waals surface area contributed by atoms with E-state index in [1.54, 1.807) is 54.6 Å². The summed E-state index contributed by atoms with van der Waals surface area (Å²) in [7, 11) is 1.29. The Morgan fingerprint density at radius 1 is 0.871 bits per heavy atom. The van der Waals surface area contributed by atoms with E-state index >= 15 is 0 Å². The van der Waals surface area contributed by atoms with Crippen LogP contribution < -0.4 is 10.6 Å². The van der Waals surface area contributed by atoms with Crippen molar-refractivity contribution >= 4 is 41.1 Å². The van der Waals surface area contributed by atoms with Crippen LogP contribution in [0.4, 0.5) is 5.69 Å². The van der Waals surface area contributed by atoms with Crippen molar-refractivity contribution in [2.75, 3.05) is 12.4 Å². The van der Waals surface area contributed by atoms with Crippen molar-refractivity contribution in [3.8, 4) is 0 Å². The average molecular weight is 435 g/mol. The Morgan fingerprint density at radius 3 is 2.16 bits per heavy atom. The molecule has 0 heterocycles. The molecule has 2 N–H and O–H groups in total. The monoisotopic (exact) mass is 434 g/mol. The SMILES string of the molecule is COC(=O)c1ccc(NC(=O)/C(=C/c2ccccc2)NC(=O)c2ccccc2Cl)cc1. The number of hydrogen-bond acceptors (Lipinski definition) is 4. The van der Waals surface area contributed by atoms with Crippen molar-refractivity contribution in [3.05, 3.63) is 106 Å². The van der Waals surface area contributed by atoms with Gasteiger partial charge >= 0.3 is 5.97 Å². The normalized spacial score (nSPS) is 10.8. The van der Waals surface area contributed by atoms with Crippen molar-refractivity contribution in [2.45, 2.75) is 0 Å². The Bertz CT molecular complexity index is 1130. The Morgan fingerprint density at radius 2 is 1.52 bits per heavy atom. The first-order valence-electron chi connectivity index (χ1n) is 9.30. The van der Waals surface area contributed by atoms with Gasteiger partial charge in [-0.1, -0.05) is 54.1 Å². The zero-order valence-electron chi connectivity index (χ0n) is 16.6. The van der Waals surface area contributed by atoms with E-state index in [9.17, 15) is 14.4 Å². The zero-order chi connectivity index (χ0) is 22.2. The summed E-state index contributed by atoms with van der Waals surface area (Å²) < 4.78 is 4.66. The number of ether oxygens (including phenoxy) is 1. The molecule has 3 aromatic carbocycles. The maximum absolute atomic E-state index is 12.9. The van der Waals surface area contributed by atoms with Gasteiger partial charge in [-0.3, -0.25) is 9.59 Å². The third-order valence-electron chi connectivity index (χ3n) is 4.29. The summed E-state index contributed by atoms with van der Waals surface area (Å²) in [5.74, 6) is -1.52. The largest absolute Gasteiger partial charge is 0.465 e. The van der Waals surface area contributed by atoms with Gasteiger partial charge in [0, 0.05) is 5.69 Å². The van der Waals surface area contributed by atoms with Crippen LogP contribution in [0.15, 0.2) is 84.6 Å². The molecule has 2 amide bonds. The number of methoxy groups -OCH3 is 1. The lowest BCUT2D eigenvalue weighted by atomic mass is 10.1. The highest BCUT2D eigenvalue weighted by atomic mass is 35.5. The van der Waals surface area contributed by atoms with Crippen LogP contribution >= 0.6 is 11.6 Å². The van der Waals surface area contributed by atoms with Crippen molar-refractivity contribution in [3.63, 3.8) is 0 Å². The molecular weight excluding hydrogens is 416 g/mol. The summed E-state index contributed by atoms with van der Waals surface area (Å²) in [5.41, 5.74) is 1.82. The number of carbonyl (C=O) groups excluding carboxylic acids is 3. The summed E-state index contributed by atoms with van der Waals surface area (Å²) in [6.45, 7) is 0. The number of benzene rings is 3. The fourth-order valence-corrected chi connectivity index (χ4v) is 2.94. The van der Waals surface area contributed by atoms with Crippen molar-refractivity contribution in [2.24, 2.45) is 0 Å². The molecular formula is C24H19ClN2O4. The molecule has 0 fully saturated rings. The third kappa shape index (κ3) is 5.81. The van der Waals surface area contributed by atoms with Gasteiger partial charge in [-0.15, -0.1) is 0 Å². The minimum Gasteiger partial charge on any atom is -0.465 e. The van der Waals surface area contributed by atoms with Crippen molar-refractivity contribution in [1.82, 2.24) is 5.32 Å². The third-order valence-corrected chi connectivity index (χ3v) is 4.62. The molecule has 3 rings (SSSR count). The number of carbonyl (C=O) groups is 3. The average Bonchev–Trinajstić information content (AvgIpc) is 2.79. The van der Waals surface area contributed by atoms with Gasteiger partial charge in [0.2, 0.25) is 0 Å². The van der Waals surface area contributed by atoms with Crippen molar-refractivity contribution in [1.29, 1.82) is 0 Å². The fourth-order valence-electron chi connectivity index (χ4n) is 2.72. The number of anilines is 1. The first-order chi connectivity index (χ1) is 15.0. The molecule has 0 radical (unpaired) electrons. The maximum Gasteiger partial charge on any atom is 0.337 e. The molecule has 0 aromatic heterocycles. The van der Waals surface area contributed by atoms with Crippen LogP contribution in [-0.2, 0) is 9.53 Å². The second-order valence-corrected chi connectivity index (χ2v) is 6.83. The molecule has 7 heteroatoms. The number of halogens is 1. The molecule has 31 heavy (non-hydrogen) atoms. The van der Waals surface area contributed by atoms with Gasteiger partial charge in [-0.05, 0) is 48.0 Å². The summed E-state index contributed by atoms with van der Waals surface area (Å²) in [5, 5.41) is 5.62. The van der Waals surface area contributed by atoms with Crippen LogP contribution in [0.1, 0.15) is 26.3 Å². The Labute approximate surface area is 184 Å². The van der Waals surface area contributed by atoms with Crippen molar-refractivity contribution < 1.29 is 19.1 Å². The van der Waals surface area contributed by atoms with Crippen LogP contribution in [0.2, 0.25) is 5.02 Å². The smallest absolute Gasteiger partial charge is 0.337 e. The molecule has 156 valence electrons. The molecule has 6 nitrogen and oxygen atoms in total. The summed E-state index contributed by atoms with van der Waals surface area (Å²) in [4.78, 5) is 37.2. The molecule has 0 aliphatic carbocycles. The molecule has 0 aliphatic heterocycles. The van der Waals surface area contributed by atoms with E-state index in [-0.39, 0.29) is 16.3 Å². The maximum atomic E-state index is 12.9. The molecule has 0 bridgehead atoms. The van der Waals surface area contributed by atoms with Crippen LogP contribution in [0.3, 0.4) is 0 Å². The van der Waals surface area contributed by atoms with E-state index in [0.717, 1.165) is 5.56 Å². The van der Waals surface area contributed by atoms with Gasteiger partial charge in [0.1, 0.15) is 5.70 Å². The lowest BCUT2D eigenvalue weighted by molar-refractivity contribution is -0.113. The highest BCUT2D eigenvalue weighted by molar-refractivity contribution is 6.34. The van der Waals surface area contributed by atoms with Gasteiger partial charge in [-0.2, -0.15) is 0 Å². The van der Waals surface area contributed by atoms with Crippen LogP contribution in [-0.4, -0.2) is 24.9 Å². The number of amides is 2. The van der Waals surface area contributed by atoms with E-state index in [2.05, 4.69) is 15.4 Å².